The molecule has 0 radical (unpaired) electrons. The maximum atomic E-state index is 13.0. The van der Waals surface area contributed by atoms with E-state index in [1.165, 1.54) is 16.9 Å². The van der Waals surface area contributed by atoms with Gasteiger partial charge < -0.3 is 9.47 Å². The molecule has 32 heavy (non-hydrogen) atoms. The van der Waals surface area contributed by atoms with E-state index < -0.39 is 0 Å². The highest BCUT2D eigenvalue weighted by molar-refractivity contribution is 14.1. The van der Waals surface area contributed by atoms with Gasteiger partial charge >= 0.3 is 0 Å². The number of fused-ring (bicyclic) bond motifs is 3. The number of ether oxygens (including phenoxy) is 2. The topological polar surface area (TPSA) is 52.8 Å². The van der Waals surface area contributed by atoms with Gasteiger partial charge in [-0.25, -0.2) is 9.38 Å². The van der Waals surface area contributed by atoms with Crippen LogP contribution in [0.1, 0.15) is 16.7 Å². The summed E-state index contributed by atoms with van der Waals surface area (Å²) in [6.07, 6.45) is 1.88. The molecule has 0 unspecified atom stereocenters. The van der Waals surface area contributed by atoms with Crippen molar-refractivity contribution in [3.05, 3.63) is 95.8 Å². The fourth-order valence-corrected chi connectivity index (χ4v) is 5.33. The SMILES string of the molecule is COc1cc(/C=c2\sc3nc4ccccc4n3c2=O)cc(I)c1OCc1ccc(C)cc1. The van der Waals surface area contributed by atoms with Crippen LogP contribution in [0.3, 0.4) is 0 Å². The summed E-state index contributed by atoms with van der Waals surface area (Å²) < 4.78 is 14.9. The molecule has 5 rings (SSSR count). The molecular formula is C25H19IN2O3S. The summed E-state index contributed by atoms with van der Waals surface area (Å²) in [5, 5.41) is 0. The number of imidazole rings is 1. The predicted octanol–water partition coefficient (Wildman–Crippen LogP) is 4.96. The van der Waals surface area contributed by atoms with Crippen LogP contribution in [0.15, 0.2) is 65.5 Å². The molecule has 7 heteroatoms. The molecule has 0 aliphatic carbocycles. The Morgan fingerprint density at radius 3 is 2.69 bits per heavy atom. The number of benzene rings is 3. The molecule has 0 amide bonds. The Bertz CT molecular complexity index is 1550. The highest BCUT2D eigenvalue weighted by Crippen LogP contribution is 2.35. The second-order valence-corrected chi connectivity index (χ2v) is 9.61. The fourth-order valence-electron chi connectivity index (χ4n) is 3.57. The first-order valence-electron chi connectivity index (χ1n) is 10.0. The second-order valence-electron chi connectivity index (χ2n) is 7.44. The van der Waals surface area contributed by atoms with Gasteiger partial charge in [0.25, 0.3) is 5.56 Å². The van der Waals surface area contributed by atoms with Crippen molar-refractivity contribution in [2.45, 2.75) is 13.5 Å². The normalized spacial score (nSPS) is 12.0. The van der Waals surface area contributed by atoms with Crippen molar-refractivity contribution in [3.8, 4) is 11.5 Å². The van der Waals surface area contributed by atoms with E-state index in [9.17, 15) is 4.79 Å². The van der Waals surface area contributed by atoms with Crippen molar-refractivity contribution in [2.75, 3.05) is 7.11 Å². The standard InChI is InChI=1S/C25H19IN2O3S/c1-15-7-9-16(10-8-15)14-31-23-18(26)11-17(12-21(23)30-2)13-22-24(29)28-20-6-4-3-5-19(20)27-25(28)32-22/h3-13H,14H2,1-2H3/b22-13-. The largest absolute Gasteiger partial charge is 0.493 e. The molecule has 0 fully saturated rings. The minimum Gasteiger partial charge on any atom is -0.493 e. The summed E-state index contributed by atoms with van der Waals surface area (Å²) in [5.74, 6) is 1.33. The number of hydrogen-bond acceptors (Lipinski definition) is 5. The zero-order chi connectivity index (χ0) is 22.2. The molecule has 0 aliphatic heterocycles. The Kier molecular flexibility index (Phi) is 5.60. The van der Waals surface area contributed by atoms with Crippen LogP contribution in [0.4, 0.5) is 0 Å². The molecule has 0 spiro atoms. The Hall–Kier alpha value is -2.91. The van der Waals surface area contributed by atoms with Crippen LogP contribution in [-0.2, 0) is 6.61 Å². The number of hydrogen-bond donors (Lipinski definition) is 0. The van der Waals surface area contributed by atoms with E-state index in [0.717, 1.165) is 25.7 Å². The number of nitrogens with zero attached hydrogens (tertiary/aromatic N) is 2. The van der Waals surface area contributed by atoms with Crippen molar-refractivity contribution < 1.29 is 9.47 Å². The van der Waals surface area contributed by atoms with Gasteiger partial charge in [0.2, 0.25) is 0 Å². The van der Waals surface area contributed by atoms with Crippen molar-refractivity contribution in [1.82, 2.24) is 9.38 Å². The molecule has 0 saturated carbocycles. The van der Waals surface area contributed by atoms with Gasteiger partial charge in [-0.3, -0.25) is 4.79 Å². The van der Waals surface area contributed by atoms with Crippen LogP contribution in [0.5, 0.6) is 11.5 Å². The fraction of sp³-hybridized carbons (Fsp3) is 0.120. The summed E-state index contributed by atoms with van der Waals surface area (Å²) in [6, 6.07) is 19.8. The van der Waals surface area contributed by atoms with Crippen LogP contribution < -0.4 is 19.6 Å². The lowest BCUT2D eigenvalue weighted by molar-refractivity contribution is 0.282. The molecular weight excluding hydrogens is 535 g/mol. The minimum atomic E-state index is -0.0626. The van der Waals surface area contributed by atoms with Gasteiger partial charge in [-0.1, -0.05) is 53.3 Å². The van der Waals surface area contributed by atoms with Crippen LogP contribution in [-0.4, -0.2) is 16.5 Å². The predicted molar refractivity (Wildman–Crippen MR) is 137 cm³/mol. The van der Waals surface area contributed by atoms with E-state index in [2.05, 4.69) is 58.8 Å². The van der Waals surface area contributed by atoms with Gasteiger partial charge in [-0.2, -0.15) is 0 Å². The maximum Gasteiger partial charge on any atom is 0.274 e. The average molecular weight is 554 g/mol. The van der Waals surface area contributed by atoms with Gasteiger partial charge in [0.05, 0.1) is 26.2 Å². The first kappa shape index (κ1) is 21.0. The highest BCUT2D eigenvalue weighted by Gasteiger charge is 2.14. The molecule has 0 N–H and O–H groups in total. The first-order chi connectivity index (χ1) is 15.5. The smallest absolute Gasteiger partial charge is 0.274 e. The van der Waals surface area contributed by atoms with Gasteiger partial charge in [-0.15, -0.1) is 0 Å². The number of methoxy groups -OCH3 is 1. The minimum absolute atomic E-state index is 0.0626. The summed E-state index contributed by atoms with van der Waals surface area (Å²) in [4.78, 5) is 18.3. The van der Waals surface area contributed by atoms with E-state index >= 15 is 0 Å². The number of aromatic nitrogens is 2. The van der Waals surface area contributed by atoms with Crippen LogP contribution in [0.2, 0.25) is 0 Å². The van der Waals surface area contributed by atoms with Crippen LogP contribution in [0, 0.1) is 10.5 Å². The lowest BCUT2D eigenvalue weighted by Crippen LogP contribution is -2.22. The van der Waals surface area contributed by atoms with E-state index in [-0.39, 0.29) is 5.56 Å². The highest BCUT2D eigenvalue weighted by atomic mass is 127. The van der Waals surface area contributed by atoms with E-state index in [1.807, 2.05) is 42.5 Å². The molecule has 5 nitrogen and oxygen atoms in total. The lowest BCUT2D eigenvalue weighted by atomic mass is 10.1. The third kappa shape index (κ3) is 3.86. The van der Waals surface area contributed by atoms with Gasteiger partial charge in [0.1, 0.15) is 6.61 Å². The Labute approximate surface area is 202 Å². The van der Waals surface area contributed by atoms with Gasteiger partial charge in [0, 0.05) is 0 Å². The number of thiazole rings is 1. The zero-order valence-corrected chi connectivity index (χ0v) is 20.4. The van der Waals surface area contributed by atoms with Crippen molar-refractivity contribution in [1.29, 1.82) is 0 Å². The number of rotatable bonds is 5. The Morgan fingerprint density at radius 2 is 1.91 bits per heavy atom. The first-order valence-corrected chi connectivity index (χ1v) is 11.9. The summed E-state index contributed by atoms with van der Waals surface area (Å²) in [7, 11) is 1.62. The lowest BCUT2D eigenvalue weighted by Gasteiger charge is -2.13. The van der Waals surface area contributed by atoms with E-state index in [0.29, 0.717) is 27.6 Å². The maximum absolute atomic E-state index is 13.0. The molecule has 2 aromatic heterocycles. The summed E-state index contributed by atoms with van der Waals surface area (Å²) >= 11 is 3.63. The molecule has 0 bridgehead atoms. The average Bonchev–Trinajstić information content (AvgIpc) is 3.30. The molecule has 3 aromatic carbocycles. The van der Waals surface area contributed by atoms with Crippen molar-refractivity contribution in [2.24, 2.45) is 0 Å². The van der Waals surface area contributed by atoms with Crippen LogP contribution >= 0.6 is 33.9 Å². The molecule has 0 aliphatic rings. The molecule has 5 aromatic rings. The molecule has 0 atom stereocenters. The number of para-hydroxylation sites is 2. The van der Waals surface area contributed by atoms with Gasteiger partial charge in [-0.05, 0) is 71.0 Å². The summed E-state index contributed by atoms with van der Waals surface area (Å²) in [5.41, 5.74) is 4.78. The third-order valence-corrected chi connectivity index (χ3v) is 6.97. The third-order valence-electron chi connectivity index (χ3n) is 5.20. The molecule has 0 saturated heterocycles. The second kappa shape index (κ2) is 8.55. The van der Waals surface area contributed by atoms with Crippen molar-refractivity contribution >= 4 is 56.0 Å². The van der Waals surface area contributed by atoms with E-state index in [1.54, 1.807) is 11.5 Å². The number of aryl methyl sites for hydroxylation is 1. The summed E-state index contributed by atoms with van der Waals surface area (Å²) in [6.45, 7) is 2.52. The van der Waals surface area contributed by atoms with Crippen molar-refractivity contribution in [3.63, 3.8) is 0 Å². The van der Waals surface area contributed by atoms with Crippen LogP contribution in [0.25, 0.3) is 22.1 Å². The zero-order valence-electron chi connectivity index (χ0n) is 17.5. The monoisotopic (exact) mass is 554 g/mol. The quantitative estimate of drug-likeness (QED) is 0.289. The van der Waals surface area contributed by atoms with E-state index in [4.69, 9.17) is 9.47 Å². The molecule has 160 valence electrons. The Morgan fingerprint density at radius 1 is 1.12 bits per heavy atom. The molecule has 2 heterocycles. The number of halogens is 1. The van der Waals surface area contributed by atoms with Gasteiger partial charge in [0.15, 0.2) is 16.5 Å². The Balaban J connectivity index is 1.51.